The molecular weight excluding hydrogens is 534 g/mol. The molecule has 0 radical (unpaired) electrons. The molecule has 0 aliphatic carbocycles. The van der Waals surface area contributed by atoms with Crippen molar-refractivity contribution in [2.45, 2.75) is 32.1 Å². The standard InChI is InChI=1S/C32H37N5O5/c1-4-35-22-29(38)36-28(37(35)32(40)33-20-24-11-7-5-8-12-24)21-34(31(39)30(36)25-13-9-6-10-14-25)18-17-23-15-16-26(41-2)27(19-23)42-3/h5-16,19,28,30H,4,17-18,20-22H2,1-3H3,(H,33,40)/t28-,30-/m0/s1. The number of ether oxygens (including phenoxy) is 2. The number of nitrogens with one attached hydrogen (secondary N) is 1. The molecule has 2 saturated heterocycles. The van der Waals surface area contributed by atoms with Crippen molar-refractivity contribution < 1.29 is 23.9 Å². The van der Waals surface area contributed by atoms with Gasteiger partial charge in [0.1, 0.15) is 12.2 Å². The fourth-order valence-electron chi connectivity index (χ4n) is 5.67. The van der Waals surface area contributed by atoms with Crippen LogP contribution >= 0.6 is 0 Å². The van der Waals surface area contributed by atoms with Gasteiger partial charge in [0.05, 0.1) is 27.3 Å². The van der Waals surface area contributed by atoms with Crippen LogP contribution in [0.25, 0.3) is 0 Å². The Morgan fingerprint density at radius 2 is 1.60 bits per heavy atom. The molecule has 2 heterocycles. The van der Waals surface area contributed by atoms with E-state index in [1.807, 2.05) is 85.8 Å². The first-order valence-electron chi connectivity index (χ1n) is 14.2. The fourth-order valence-corrected chi connectivity index (χ4v) is 5.67. The normalized spacial score (nSPS) is 19.0. The topological polar surface area (TPSA) is 94.7 Å². The molecule has 0 bridgehead atoms. The van der Waals surface area contributed by atoms with Gasteiger partial charge in [-0.25, -0.2) is 14.8 Å². The number of hydrogen-bond donors (Lipinski definition) is 1. The van der Waals surface area contributed by atoms with Gasteiger partial charge in [-0.2, -0.15) is 0 Å². The molecule has 0 aromatic heterocycles. The number of methoxy groups -OCH3 is 2. The molecule has 4 amide bonds. The quantitative estimate of drug-likeness (QED) is 0.423. The summed E-state index contributed by atoms with van der Waals surface area (Å²) in [6.07, 6.45) is -0.110. The first-order valence-corrected chi connectivity index (χ1v) is 14.2. The van der Waals surface area contributed by atoms with E-state index in [0.717, 1.165) is 11.1 Å². The zero-order valence-corrected chi connectivity index (χ0v) is 24.2. The predicted molar refractivity (Wildman–Crippen MR) is 157 cm³/mol. The Kier molecular flexibility index (Phi) is 8.92. The van der Waals surface area contributed by atoms with Crippen LogP contribution in [0.2, 0.25) is 0 Å². The highest BCUT2D eigenvalue weighted by molar-refractivity contribution is 5.92. The summed E-state index contributed by atoms with van der Waals surface area (Å²) in [6.45, 7) is 3.33. The van der Waals surface area contributed by atoms with Crippen molar-refractivity contribution in [1.82, 2.24) is 25.1 Å². The number of piperazine rings is 1. The highest BCUT2D eigenvalue weighted by Crippen LogP contribution is 2.35. The van der Waals surface area contributed by atoms with Gasteiger partial charge < -0.3 is 24.6 Å². The summed E-state index contributed by atoms with van der Waals surface area (Å²) < 4.78 is 10.8. The summed E-state index contributed by atoms with van der Waals surface area (Å²) in [6, 6.07) is 23.5. The zero-order valence-electron chi connectivity index (χ0n) is 24.2. The van der Waals surface area contributed by atoms with Gasteiger partial charge in [0.2, 0.25) is 11.8 Å². The molecule has 10 heteroatoms. The van der Waals surface area contributed by atoms with Gasteiger partial charge in [-0.3, -0.25) is 9.59 Å². The number of likely N-dealkylation sites (N-methyl/N-ethyl adjacent to an activating group) is 1. The summed E-state index contributed by atoms with van der Waals surface area (Å²) in [4.78, 5) is 44.8. The van der Waals surface area contributed by atoms with Crippen LogP contribution in [0.15, 0.2) is 78.9 Å². The van der Waals surface area contributed by atoms with Crippen molar-refractivity contribution in [3.63, 3.8) is 0 Å². The van der Waals surface area contributed by atoms with Crippen molar-refractivity contribution in [2.75, 3.05) is 40.4 Å². The predicted octanol–water partition coefficient (Wildman–Crippen LogP) is 3.45. The van der Waals surface area contributed by atoms with E-state index in [2.05, 4.69) is 5.32 Å². The van der Waals surface area contributed by atoms with E-state index in [4.69, 9.17) is 9.47 Å². The maximum Gasteiger partial charge on any atom is 0.334 e. The Hall–Kier alpha value is -4.57. The molecule has 10 nitrogen and oxygen atoms in total. The summed E-state index contributed by atoms with van der Waals surface area (Å²) in [5.41, 5.74) is 2.66. The fraction of sp³-hybridized carbons (Fsp3) is 0.344. The smallest absolute Gasteiger partial charge is 0.334 e. The molecular formula is C32H37N5O5. The lowest BCUT2D eigenvalue weighted by Crippen LogP contribution is -2.74. The summed E-state index contributed by atoms with van der Waals surface area (Å²) in [5, 5.41) is 6.40. The van der Waals surface area contributed by atoms with E-state index in [-0.39, 0.29) is 30.9 Å². The third-order valence-electron chi connectivity index (χ3n) is 7.81. The van der Waals surface area contributed by atoms with Gasteiger partial charge in [0.25, 0.3) is 0 Å². The largest absolute Gasteiger partial charge is 0.493 e. The first-order chi connectivity index (χ1) is 20.4. The maximum atomic E-state index is 14.1. The zero-order chi connectivity index (χ0) is 29.6. The van der Waals surface area contributed by atoms with Crippen LogP contribution in [0, 0.1) is 0 Å². The van der Waals surface area contributed by atoms with Gasteiger partial charge in [-0.15, -0.1) is 0 Å². The SMILES string of the molecule is CCN1CC(=O)N2[C@@H](c3ccccc3)C(=O)N(CCc3ccc(OC)c(OC)c3)C[C@@H]2N1C(=O)NCc1ccccc1. The maximum absolute atomic E-state index is 14.1. The Labute approximate surface area is 246 Å². The third-order valence-corrected chi connectivity index (χ3v) is 7.81. The number of urea groups is 1. The van der Waals surface area contributed by atoms with Crippen molar-refractivity contribution in [1.29, 1.82) is 0 Å². The minimum atomic E-state index is -0.841. The van der Waals surface area contributed by atoms with Crippen molar-refractivity contribution in [3.8, 4) is 11.5 Å². The molecule has 1 N–H and O–H groups in total. The van der Waals surface area contributed by atoms with E-state index in [0.29, 0.717) is 43.1 Å². The Bertz CT molecular complexity index is 1400. The van der Waals surface area contributed by atoms with E-state index < -0.39 is 12.2 Å². The second-order valence-corrected chi connectivity index (χ2v) is 10.3. The monoisotopic (exact) mass is 571 g/mol. The lowest BCUT2D eigenvalue weighted by atomic mass is 9.98. The van der Waals surface area contributed by atoms with Crippen molar-refractivity contribution in [2.24, 2.45) is 0 Å². The summed E-state index contributed by atoms with van der Waals surface area (Å²) in [7, 11) is 3.18. The van der Waals surface area contributed by atoms with Crippen LogP contribution in [-0.2, 0) is 22.6 Å². The molecule has 2 atom stereocenters. The number of hydrogen-bond acceptors (Lipinski definition) is 6. The van der Waals surface area contributed by atoms with Gasteiger partial charge in [-0.05, 0) is 35.2 Å². The van der Waals surface area contributed by atoms with Crippen LogP contribution in [0.5, 0.6) is 11.5 Å². The second kappa shape index (κ2) is 12.9. The number of nitrogens with zero attached hydrogens (tertiary/aromatic N) is 4. The number of benzene rings is 3. The van der Waals surface area contributed by atoms with Crippen LogP contribution < -0.4 is 14.8 Å². The minimum Gasteiger partial charge on any atom is -0.493 e. The van der Waals surface area contributed by atoms with Crippen LogP contribution in [0.1, 0.15) is 29.7 Å². The number of carbonyl (C=O) groups is 3. The highest BCUT2D eigenvalue weighted by atomic mass is 16.5. The number of hydrazine groups is 1. The summed E-state index contributed by atoms with van der Waals surface area (Å²) >= 11 is 0. The number of fused-ring (bicyclic) bond motifs is 1. The molecule has 0 unspecified atom stereocenters. The lowest BCUT2D eigenvalue weighted by molar-refractivity contribution is -0.190. The minimum absolute atomic E-state index is 0.00795. The molecule has 3 aromatic carbocycles. The number of carbonyl (C=O) groups excluding carboxylic acids is 3. The van der Waals surface area contributed by atoms with Gasteiger partial charge >= 0.3 is 6.03 Å². The molecule has 3 aromatic rings. The Balaban J connectivity index is 1.45. The van der Waals surface area contributed by atoms with E-state index in [9.17, 15) is 14.4 Å². The number of rotatable bonds is 9. The Morgan fingerprint density at radius 3 is 2.26 bits per heavy atom. The van der Waals surface area contributed by atoms with E-state index >= 15 is 0 Å². The molecule has 0 saturated carbocycles. The molecule has 5 rings (SSSR count). The van der Waals surface area contributed by atoms with Gasteiger partial charge in [0, 0.05) is 19.6 Å². The van der Waals surface area contributed by atoms with E-state index in [1.54, 1.807) is 34.0 Å². The van der Waals surface area contributed by atoms with Crippen LogP contribution in [0.4, 0.5) is 4.79 Å². The number of amides is 4. The molecule has 2 aliphatic rings. The molecule has 42 heavy (non-hydrogen) atoms. The molecule has 0 spiro atoms. The van der Waals surface area contributed by atoms with Crippen molar-refractivity contribution >= 4 is 17.8 Å². The summed E-state index contributed by atoms with van der Waals surface area (Å²) in [5.74, 6) is 0.898. The van der Waals surface area contributed by atoms with Gasteiger partial charge in [0.15, 0.2) is 11.5 Å². The second-order valence-electron chi connectivity index (χ2n) is 10.3. The lowest BCUT2D eigenvalue weighted by Gasteiger charge is -2.55. The van der Waals surface area contributed by atoms with Crippen LogP contribution in [-0.4, -0.2) is 84.2 Å². The molecule has 2 aliphatic heterocycles. The van der Waals surface area contributed by atoms with Gasteiger partial charge in [-0.1, -0.05) is 73.7 Å². The van der Waals surface area contributed by atoms with Crippen molar-refractivity contribution in [3.05, 3.63) is 95.6 Å². The molecule has 220 valence electrons. The average molecular weight is 572 g/mol. The van der Waals surface area contributed by atoms with E-state index in [1.165, 1.54) is 0 Å². The highest BCUT2D eigenvalue weighted by Gasteiger charge is 2.51. The van der Waals surface area contributed by atoms with Crippen LogP contribution in [0.3, 0.4) is 0 Å². The Morgan fingerprint density at radius 1 is 0.905 bits per heavy atom. The third kappa shape index (κ3) is 5.89. The molecule has 2 fully saturated rings. The average Bonchev–Trinajstić information content (AvgIpc) is 3.03. The first kappa shape index (κ1) is 28.9.